The number of carbonyl (C=O) groups is 4. The highest BCUT2D eigenvalue weighted by molar-refractivity contribution is 5.76. The maximum absolute atomic E-state index is 12.0. The largest absolute Gasteiger partial charge is 0.491 e. The van der Waals surface area contributed by atoms with E-state index < -0.39 is 42.6 Å². The molecule has 2 unspecified atom stereocenters. The normalized spacial score (nSPS) is 13.1. The third-order valence-corrected chi connectivity index (χ3v) is 3.94. The molecule has 0 aromatic rings. The molecule has 180 valence electrons. The smallest absolute Gasteiger partial charge is 0.426 e. The van der Waals surface area contributed by atoms with E-state index >= 15 is 0 Å². The number of unbranched alkanes of at least 4 members (excludes halogenated alkanes) is 7. The summed E-state index contributed by atoms with van der Waals surface area (Å²) in [5.74, 6) is -4.06. The van der Waals surface area contributed by atoms with Crippen molar-refractivity contribution in [3.63, 3.8) is 0 Å². The van der Waals surface area contributed by atoms with Crippen molar-refractivity contribution in [2.24, 2.45) is 0 Å². The van der Waals surface area contributed by atoms with E-state index in [1.165, 1.54) is 13.8 Å². The molecule has 0 saturated heterocycles. The number of carbonyl (C=O) groups excluding carboxylic acids is 4. The first-order valence-electron chi connectivity index (χ1n) is 10.3. The standard InChI is InChI=1S/C20H31F3O8/c1-14(24)28-15(2)29-17(25)12-10-8-6-4-5-7-9-11-13-18(26)30-16(3)31-19(27)20(21,22)23/h15-16H,4-13H2,1-3H3. The maximum Gasteiger partial charge on any atom is 0.491 e. The Morgan fingerprint density at radius 2 is 1.00 bits per heavy atom. The number of hydrogen-bond donors (Lipinski definition) is 0. The van der Waals surface area contributed by atoms with Crippen molar-refractivity contribution >= 4 is 23.9 Å². The van der Waals surface area contributed by atoms with Gasteiger partial charge in [0.15, 0.2) is 0 Å². The summed E-state index contributed by atoms with van der Waals surface area (Å²) >= 11 is 0. The summed E-state index contributed by atoms with van der Waals surface area (Å²) in [6.07, 6.45) is -0.783. The summed E-state index contributed by atoms with van der Waals surface area (Å²) in [6, 6.07) is 0. The Morgan fingerprint density at radius 3 is 1.35 bits per heavy atom. The van der Waals surface area contributed by atoms with E-state index in [-0.39, 0.29) is 12.8 Å². The molecule has 0 saturated carbocycles. The van der Waals surface area contributed by atoms with Gasteiger partial charge in [-0.2, -0.15) is 13.2 Å². The van der Waals surface area contributed by atoms with Crippen LogP contribution in [0.15, 0.2) is 0 Å². The Bertz CT molecular complexity index is 577. The summed E-state index contributed by atoms with van der Waals surface area (Å²) in [5, 5.41) is 0. The van der Waals surface area contributed by atoms with Gasteiger partial charge in [0.1, 0.15) is 0 Å². The van der Waals surface area contributed by atoms with Crippen LogP contribution in [0.25, 0.3) is 0 Å². The molecule has 0 fully saturated rings. The van der Waals surface area contributed by atoms with Gasteiger partial charge in [-0.1, -0.05) is 38.5 Å². The van der Waals surface area contributed by atoms with Crippen LogP contribution < -0.4 is 0 Å². The molecule has 0 bridgehead atoms. The van der Waals surface area contributed by atoms with E-state index in [2.05, 4.69) is 9.47 Å². The van der Waals surface area contributed by atoms with Gasteiger partial charge in [-0.25, -0.2) is 4.79 Å². The highest BCUT2D eigenvalue weighted by atomic mass is 19.4. The molecule has 0 aromatic heterocycles. The molecule has 0 amide bonds. The first-order valence-corrected chi connectivity index (χ1v) is 10.3. The highest BCUT2D eigenvalue weighted by Gasteiger charge is 2.42. The van der Waals surface area contributed by atoms with E-state index in [1.807, 2.05) is 0 Å². The number of halogens is 3. The number of ether oxygens (including phenoxy) is 4. The summed E-state index contributed by atoms with van der Waals surface area (Å²) < 4.78 is 54.3. The average Bonchev–Trinajstić information content (AvgIpc) is 2.61. The zero-order chi connectivity index (χ0) is 23.9. The molecule has 0 N–H and O–H groups in total. The first-order chi connectivity index (χ1) is 14.4. The third kappa shape index (κ3) is 17.1. The molecule has 0 aliphatic carbocycles. The molecule has 0 aliphatic rings. The molecular weight excluding hydrogens is 425 g/mol. The first kappa shape index (κ1) is 28.7. The van der Waals surface area contributed by atoms with Gasteiger partial charge < -0.3 is 18.9 Å². The molecule has 0 radical (unpaired) electrons. The molecule has 8 nitrogen and oxygen atoms in total. The molecule has 0 aliphatic heterocycles. The van der Waals surface area contributed by atoms with Crippen LogP contribution in [0.5, 0.6) is 0 Å². The van der Waals surface area contributed by atoms with Crippen LogP contribution >= 0.6 is 0 Å². The number of esters is 4. The third-order valence-electron chi connectivity index (χ3n) is 3.94. The minimum absolute atomic E-state index is 0.0295. The Kier molecular flexibility index (Phi) is 14.3. The van der Waals surface area contributed by atoms with Gasteiger partial charge in [0.2, 0.25) is 12.6 Å². The summed E-state index contributed by atoms with van der Waals surface area (Å²) in [7, 11) is 0. The molecule has 0 heterocycles. The van der Waals surface area contributed by atoms with Crippen LogP contribution in [-0.2, 0) is 38.1 Å². The second-order valence-electron chi connectivity index (χ2n) is 6.96. The van der Waals surface area contributed by atoms with Crippen LogP contribution in [-0.4, -0.2) is 42.6 Å². The molecule has 11 heteroatoms. The van der Waals surface area contributed by atoms with Gasteiger partial charge in [0.25, 0.3) is 0 Å². The van der Waals surface area contributed by atoms with E-state index in [4.69, 9.17) is 9.47 Å². The van der Waals surface area contributed by atoms with Gasteiger partial charge in [-0.05, 0) is 12.8 Å². The highest BCUT2D eigenvalue weighted by Crippen LogP contribution is 2.18. The van der Waals surface area contributed by atoms with Crippen molar-refractivity contribution in [3.8, 4) is 0 Å². The van der Waals surface area contributed by atoms with Crippen molar-refractivity contribution in [3.05, 3.63) is 0 Å². The quantitative estimate of drug-likeness (QED) is 0.204. The van der Waals surface area contributed by atoms with Gasteiger partial charge >= 0.3 is 30.1 Å². The zero-order valence-corrected chi connectivity index (χ0v) is 18.1. The fourth-order valence-corrected chi connectivity index (χ4v) is 2.59. The second-order valence-corrected chi connectivity index (χ2v) is 6.96. The lowest BCUT2D eigenvalue weighted by Gasteiger charge is -2.15. The fourth-order valence-electron chi connectivity index (χ4n) is 2.59. The lowest BCUT2D eigenvalue weighted by atomic mass is 10.1. The Morgan fingerprint density at radius 1 is 0.645 bits per heavy atom. The fraction of sp³-hybridized carbons (Fsp3) is 0.800. The van der Waals surface area contributed by atoms with Gasteiger partial charge in [0.05, 0.1) is 0 Å². The van der Waals surface area contributed by atoms with Gasteiger partial charge in [0, 0.05) is 33.6 Å². The van der Waals surface area contributed by atoms with Crippen molar-refractivity contribution in [2.75, 3.05) is 0 Å². The average molecular weight is 456 g/mol. The summed E-state index contributed by atoms with van der Waals surface area (Å²) in [5.41, 5.74) is 0. The van der Waals surface area contributed by atoms with Crippen molar-refractivity contribution in [2.45, 2.75) is 104 Å². The summed E-state index contributed by atoms with van der Waals surface area (Å²) in [6.45, 7) is 3.75. The predicted molar refractivity (Wildman–Crippen MR) is 101 cm³/mol. The number of alkyl halides is 3. The predicted octanol–water partition coefficient (Wildman–Crippen LogP) is 4.33. The minimum Gasteiger partial charge on any atom is -0.426 e. The number of hydrogen-bond acceptors (Lipinski definition) is 8. The van der Waals surface area contributed by atoms with Gasteiger partial charge in [-0.15, -0.1) is 0 Å². The molecular formula is C20H31F3O8. The Balaban J connectivity index is 3.59. The Labute approximate surface area is 179 Å². The van der Waals surface area contributed by atoms with E-state index in [0.717, 1.165) is 45.4 Å². The molecule has 0 aromatic carbocycles. The SMILES string of the molecule is CC(=O)OC(C)OC(=O)CCCCCCCCCCC(=O)OC(C)OC(=O)C(F)(F)F. The Hall–Kier alpha value is -2.33. The van der Waals surface area contributed by atoms with Crippen molar-refractivity contribution < 1.29 is 51.3 Å². The number of rotatable bonds is 15. The van der Waals surface area contributed by atoms with E-state index in [0.29, 0.717) is 12.8 Å². The van der Waals surface area contributed by atoms with Crippen molar-refractivity contribution in [1.29, 1.82) is 0 Å². The van der Waals surface area contributed by atoms with Crippen molar-refractivity contribution in [1.82, 2.24) is 0 Å². The van der Waals surface area contributed by atoms with Crippen LogP contribution in [0.2, 0.25) is 0 Å². The van der Waals surface area contributed by atoms with Crippen LogP contribution in [0, 0.1) is 0 Å². The lowest BCUT2D eigenvalue weighted by Crippen LogP contribution is -2.31. The zero-order valence-electron chi connectivity index (χ0n) is 18.1. The minimum atomic E-state index is -5.13. The topological polar surface area (TPSA) is 105 Å². The van der Waals surface area contributed by atoms with Gasteiger partial charge in [-0.3, -0.25) is 14.4 Å². The second kappa shape index (κ2) is 15.5. The lowest BCUT2D eigenvalue weighted by molar-refractivity contribution is -0.222. The molecule has 0 rings (SSSR count). The molecule has 0 spiro atoms. The van der Waals surface area contributed by atoms with Crippen LogP contribution in [0.4, 0.5) is 13.2 Å². The monoisotopic (exact) mass is 456 g/mol. The van der Waals surface area contributed by atoms with E-state index in [1.54, 1.807) is 0 Å². The van der Waals surface area contributed by atoms with Crippen LogP contribution in [0.1, 0.15) is 85.0 Å². The van der Waals surface area contributed by atoms with Crippen LogP contribution in [0.3, 0.4) is 0 Å². The molecule has 31 heavy (non-hydrogen) atoms. The molecule has 2 atom stereocenters. The maximum atomic E-state index is 12.0. The summed E-state index contributed by atoms with van der Waals surface area (Å²) in [4.78, 5) is 44.4. The van der Waals surface area contributed by atoms with E-state index in [9.17, 15) is 32.3 Å².